The Hall–Kier alpha value is -0.870. The van der Waals surface area contributed by atoms with Crippen LogP contribution in [0.25, 0.3) is 0 Å². The van der Waals surface area contributed by atoms with Gasteiger partial charge in [-0.15, -0.1) is 0 Å². The number of aromatic nitrogens is 1. The third kappa shape index (κ3) is 3.54. The molecule has 2 rings (SSSR count). The fourth-order valence-corrected chi connectivity index (χ4v) is 2.33. The molecule has 0 atom stereocenters. The fraction of sp³-hybridized carbons (Fsp3) is 0.769. The maximum Gasteiger partial charge on any atom is 0.208 e. The van der Waals surface area contributed by atoms with Crippen molar-refractivity contribution in [2.75, 3.05) is 13.1 Å². The highest BCUT2D eigenvalue weighted by Gasteiger charge is 2.20. The van der Waals surface area contributed by atoms with E-state index in [4.69, 9.17) is 4.42 Å². The van der Waals surface area contributed by atoms with Crippen LogP contribution in [0.4, 0.5) is 0 Å². The van der Waals surface area contributed by atoms with Crippen LogP contribution >= 0.6 is 0 Å². The van der Waals surface area contributed by atoms with E-state index in [0.29, 0.717) is 12.1 Å². The minimum atomic E-state index is 0.609. The Morgan fingerprint density at radius 2 is 2.18 bits per heavy atom. The monoisotopic (exact) mass is 237 g/mol. The van der Waals surface area contributed by atoms with E-state index in [1.807, 2.05) is 6.92 Å². The molecule has 0 amide bonds. The van der Waals surface area contributed by atoms with E-state index in [1.165, 1.54) is 25.9 Å². The van der Waals surface area contributed by atoms with Gasteiger partial charge in [0.2, 0.25) is 5.89 Å². The number of hydrogen-bond donors (Lipinski definition) is 1. The first-order valence-corrected chi connectivity index (χ1v) is 6.54. The minimum absolute atomic E-state index is 0.609. The normalized spacial score (nSPS) is 19.1. The van der Waals surface area contributed by atoms with Gasteiger partial charge < -0.3 is 14.6 Å². The number of oxazole rings is 1. The van der Waals surface area contributed by atoms with Crippen molar-refractivity contribution in [1.82, 2.24) is 15.2 Å². The van der Waals surface area contributed by atoms with Crippen molar-refractivity contribution in [3.63, 3.8) is 0 Å². The average Bonchev–Trinajstić information content (AvgIpc) is 2.73. The summed E-state index contributed by atoms with van der Waals surface area (Å²) in [6, 6.07) is 1.28. The summed E-state index contributed by atoms with van der Waals surface area (Å²) in [5, 5.41) is 3.53. The topological polar surface area (TPSA) is 41.3 Å². The summed E-state index contributed by atoms with van der Waals surface area (Å²) in [6.45, 7) is 9.60. The molecule has 0 aliphatic carbocycles. The highest BCUT2D eigenvalue weighted by molar-refractivity contribution is 4.91. The standard InChI is InChI=1S/C13H23N3O/c1-10(2)16-6-4-12(5-7-16)14-9-13-15-8-11(3)17-13/h8,10,12,14H,4-7,9H2,1-3H3. The Morgan fingerprint density at radius 3 is 2.71 bits per heavy atom. The van der Waals surface area contributed by atoms with Gasteiger partial charge in [-0.3, -0.25) is 0 Å². The lowest BCUT2D eigenvalue weighted by Gasteiger charge is -2.34. The van der Waals surface area contributed by atoms with Crippen molar-refractivity contribution in [3.8, 4) is 0 Å². The van der Waals surface area contributed by atoms with E-state index in [9.17, 15) is 0 Å². The molecule has 1 aliphatic heterocycles. The molecular weight excluding hydrogens is 214 g/mol. The first-order valence-electron chi connectivity index (χ1n) is 6.54. The van der Waals surface area contributed by atoms with Crippen molar-refractivity contribution in [2.45, 2.75) is 52.2 Å². The molecule has 1 aromatic rings. The predicted octanol–water partition coefficient (Wildman–Crippen LogP) is 1.95. The summed E-state index contributed by atoms with van der Waals surface area (Å²) in [6.07, 6.45) is 4.22. The molecular formula is C13H23N3O. The third-order valence-corrected chi connectivity index (χ3v) is 3.47. The van der Waals surface area contributed by atoms with E-state index < -0.39 is 0 Å². The lowest BCUT2D eigenvalue weighted by molar-refractivity contribution is 0.159. The van der Waals surface area contributed by atoms with Crippen LogP contribution in [-0.2, 0) is 6.54 Å². The maximum absolute atomic E-state index is 5.45. The molecule has 4 heteroatoms. The molecule has 0 aromatic carbocycles. The number of rotatable bonds is 4. The Bertz CT molecular complexity index is 340. The van der Waals surface area contributed by atoms with Crippen molar-refractivity contribution in [1.29, 1.82) is 0 Å². The van der Waals surface area contributed by atoms with Gasteiger partial charge in [-0.25, -0.2) is 4.98 Å². The molecule has 0 unspecified atom stereocenters. The predicted molar refractivity (Wildman–Crippen MR) is 67.8 cm³/mol. The van der Waals surface area contributed by atoms with Crippen LogP contribution in [0.5, 0.6) is 0 Å². The zero-order valence-corrected chi connectivity index (χ0v) is 11.1. The zero-order chi connectivity index (χ0) is 12.3. The molecule has 1 saturated heterocycles. The van der Waals surface area contributed by atoms with Crippen molar-refractivity contribution >= 4 is 0 Å². The number of nitrogens with zero attached hydrogens (tertiary/aromatic N) is 2. The molecule has 1 fully saturated rings. The second-order valence-electron chi connectivity index (χ2n) is 5.15. The number of nitrogens with one attached hydrogen (secondary N) is 1. The molecule has 1 aliphatic rings. The smallest absolute Gasteiger partial charge is 0.208 e. The minimum Gasteiger partial charge on any atom is -0.445 e. The first-order chi connectivity index (χ1) is 8.15. The number of likely N-dealkylation sites (tertiary alicyclic amines) is 1. The van der Waals surface area contributed by atoms with Crippen LogP contribution in [0.2, 0.25) is 0 Å². The maximum atomic E-state index is 5.45. The molecule has 17 heavy (non-hydrogen) atoms. The van der Waals surface area contributed by atoms with Crippen molar-refractivity contribution in [3.05, 3.63) is 17.8 Å². The highest BCUT2D eigenvalue weighted by Crippen LogP contribution is 2.13. The van der Waals surface area contributed by atoms with Gasteiger partial charge in [0.05, 0.1) is 12.7 Å². The third-order valence-electron chi connectivity index (χ3n) is 3.47. The Labute approximate surface area is 103 Å². The second-order valence-corrected chi connectivity index (χ2v) is 5.15. The van der Waals surface area contributed by atoms with E-state index in [2.05, 4.69) is 29.0 Å². The van der Waals surface area contributed by atoms with E-state index >= 15 is 0 Å². The number of aryl methyl sites for hydroxylation is 1. The summed E-state index contributed by atoms with van der Waals surface area (Å²) >= 11 is 0. The van der Waals surface area contributed by atoms with Crippen LogP contribution in [-0.4, -0.2) is 35.1 Å². The van der Waals surface area contributed by atoms with Crippen LogP contribution in [0.15, 0.2) is 10.6 Å². The first kappa shape index (κ1) is 12.6. The number of piperidine rings is 1. The SMILES string of the molecule is Cc1cnc(CNC2CCN(C(C)C)CC2)o1. The van der Waals surface area contributed by atoms with E-state index in [1.54, 1.807) is 6.20 Å². The number of hydrogen-bond acceptors (Lipinski definition) is 4. The quantitative estimate of drug-likeness (QED) is 0.869. The summed E-state index contributed by atoms with van der Waals surface area (Å²) in [7, 11) is 0. The summed E-state index contributed by atoms with van der Waals surface area (Å²) in [5.41, 5.74) is 0. The lowest BCUT2D eigenvalue weighted by atomic mass is 10.0. The second kappa shape index (κ2) is 5.65. The molecule has 0 spiro atoms. The molecule has 4 nitrogen and oxygen atoms in total. The Kier molecular flexibility index (Phi) is 4.18. The molecule has 0 saturated carbocycles. The van der Waals surface area contributed by atoms with E-state index in [0.717, 1.165) is 18.2 Å². The van der Waals surface area contributed by atoms with Crippen LogP contribution in [0.1, 0.15) is 38.3 Å². The summed E-state index contributed by atoms with van der Waals surface area (Å²) in [4.78, 5) is 6.74. The summed E-state index contributed by atoms with van der Waals surface area (Å²) < 4.78 is 5.45. The Balaban J connectivity index is 1.71. The molecule has 0 radical (unpaired) electrons. The van der Waals surface area contributed by atoms with Gasteiger partial charge >= 0.3 is 0 Å². The molecule has 1 aromatic heterocycles. The van der Waals surface area contributed by atoms with Gasteiger partial charge in [-0.1, -0.05) is 0 Å². The van der Waals surface area contributed by atoms with Gasteiger partial charge in [0, 0.05) is 12.1 Å². The van der Waals surface area contributed by atoms with Gasteiger partial charge in [0.1, 0.15) is 5.76 Å². The zero-order valence-electron chi connectivity index (χ0n) is 11.1. The van der Waals surface area contributed by atoms with Gasteiger partial charge in [-0.05, 0) is 46.7 Å². The van der Waals surface area contributed by atoms with E-state index in [-0.39, 0.29) is 0 Å². The molecule has 96 valence electrons. The molecule has 0 bridgehead atoms. The van der Waals surface area contributed by atoms with Crippen LogP contribution < -0.4 is 5.32 Å². The Morgan fingerprint density at radius 1 is 1.47 bits per heavy atom. The van der Waals surface area contributed by atoms with Gasteiger partial charge in [0.25, 0.3) is 0 Å². The van der Waals surface area contributed by atoms with Crippen molar-refractivity contribution < 1.29 is 4.42 Å². The van der Waals surface area contributed by atoms with Gasteiger partial charge in [0.15, 0.2) is 0 Å². The van der Waals surface area contributed by atoms with Gasteiger partial charge in [-0.2, -0.15) is 0 Å². The molecule has 2 heterocycles. The fourth-order valence-electron chi connectivity index (χ4n) is 2.33. The van der Waals surface area contributed by atoms with Crippen LogP contribution in [0.3, 0.4) is 0 Å². The highest BCUT2D eigenvalue weighted by atomic mass is 16.4. The lowest BCUT2D eigenvalue weighted by Crippen LogP contribution is -2.44. The molecule has 1 N–H and O–H groups in total. The largest absolute Gasteiger partial charge is 0.445 e. The average molecular weight is 237 g/mol. The van der Waals surface area contributed by atoms with Crippen molar-refractivity contribution in [2.24, 2.45) is 0 Å². The van der Waals surface area contributed by atoms with Crippen LogP contribution in [0, 0.1) is 6.92 Å². The summed E-state index contributed by atoms with van der Waals surface area (Å²) in [5.74, 6) is 1.69.